The van der Waals surface area contributed by atoms with E-state index in [4.69, 9.17) is 4.74 Å². The quantitative estimate of drug-likeness (QED) is 0.579. The molecule has 0 saturated heterocycles. The Kier molecular flexibility index (Phi) is 4.41. The van der Waals surface area contributed by atoms with E-state index in [2.05, 4.69) is 16.4 Å². The summed E-state index contributed by atoms with van der Waals surface area (Å²) in [5.41, 5.74) is 0.577. The Labute approximate surface area is 158 Å². The lowest BCUT2D eigenvalue weighted by Crippen LogP contribution is -2.14. The summed E-state index contributed by atoms with van der Waals surface area (Å²) in [4.78, 5) is 16.5. The Balaban J connectivity index is 1.74. The fourth-order valence-electron chi connectivity index (χ4n) is 4.21. The highest BCUT2D eigenvalue weighted by Gasteiger charge is 2.42. The van der Waals surface area contributed by atoms with Gasteiger partial charge < -0.3 is 10.1 Å². The average Bonchev–Trinajstić information content (AvgIpc) is 3.25. The van der Waals surface area contributed by atoms with Gasteiger partial charge in [0.15, 0.2) is 5.82 Å². The molecule has 1 aromatic carbocycles. The molecular weight excluding hydrogens is 376 g/mol. The number of hydrogen-bond donors (Lipinski definition) is 1. The van der Waals surface area contributed by atoms with Crippen LogP contribution in [0.2, 0.25) is 0 Å². The number of nitrogens with one attached hydrogen (secondary N) is 1. The van der Waals surface area contributed by atoms with E-state index in [1.54, 1.807) is 6.92 Å². The van der Waals surface area contributed by atoms with Crippen LogP contribution in [0.15, 0.2) is 12.3 Å². The van der Waals surface area contributed by atoms with Crippen molar-refractivity contribution in [2.45, 2.75) is 44.2 Å². The Morgan fingerprint density at radius 2 is 2.00 bits per heavy atom. The minimum atomic E-state index is -4.84. The van der Waals surface area contributed by atoms with Crippen molar-refractivity contribution in [2.24, 2.45) is 0 Å². The molecule has 1 heterocycles. The van der Waals surface area contributed by atoms with Crippen molar-refractivity contribution in [2.75, 3.05) is 11.9 Å². The number of ether oxygens (including phenoxy) is 1. The molecule has 4 nitrogen and oxygen atoms in total. The first-order valence-corrected chi connectivity index (χ1v) is 8.97. The number of esters is 1. The molecule has 0 radical (unpaired) electrons. The molecule has 2 aliphatic rings. The maximum atomic E-state index is 13.5. The Morgan fingerprint density at radius 3 is 2.68 bits per heavy atom. The van der Waals surface area contributed by atoms with Gasteiger partial charge in [0.25, 0.3) is 0 Å². The van der Waals surface area contributed by atoms with Crippen molar-refractivity contribution in [3.05, 3.63) is 52.5 Å². The van der Waals surface area contributed by atoms with Crippen LogP contribution in [0.1, 0.15) is 65.1 Å². The van der Waals surface area contributed by atoms with Crippen LogP contribution in [0, 0.1) is 17.9 Å². The van der Waals surface area contributed by atoms with Gasteiger partial charge in [-0.25, -0.2) is 9.78 Å². The first-order chi connectivity index (χ1) is 13.3. The smallest absolute Gasteiger partial charge is 0.419 e. The molecule has 1 N–H and O–H groups in total. The van der Waals surface area contributed by atoms with Crippen LogP contribution >= 0.6 is 0 Å². The molecule has 28 heavy (non-hydrogen) atoms. The van der Waals surface area contributed by atoms with Gasteiger partial charge in [-0.15, -0.1) is 0 Å². The zero-order valence-corrected chi connectivity index (χ0v) is 14.9. The largest absolute Gasteiger partial charge is 0.462 e. The van der Waals surface area contributed by atoms with E-state index >= 15 is 0 Å². The monoisotopic (exact) mass is 392 g/mol. The molecule has 2 aromatic rings. The standard InChI is InChI=1S/C20H16F4N2O2/c1-2-28-19(27)13-9-25-18(17-11-4-3-10(7-11)16(13)17)26-12-5-6-15(21)14(8-12)20(22,23)24/h8-11H,2-4,7H2,1H3,(H,25,26). The predicted octanol–water partition coefficient (Wildman–Crippen LogP) is 5.12. The lowest BCUT2D eigenvalue weighted by molar-refractivity contribution is -0.139. The van der Waals surface area contributed by atoms with Crippen molar-refractivity contribution in [1.29, 1.82) is 0 Å². The summed E-state index contributed by atoms with van der Waals surface area (Å²) in [5, 5.41) is 2.81. The highest BCUT2D eigenvalue weighted by atomic mass is 19.4. The van der Waals surface area contributed by atoms with Crippen LogP contribution in [0.5, 0.6) is 0 Å². The molecule has 0 amide bonds. The summed E-state index contributed by atoms with van der Waals surface area (Å²) in [6.07, 6.45) is -0.711. The van der Waals surface area contributed by atoms with Crippen LogP contribution in [0.4, 0.5) is 29.1 Å². The second-order valence-corrected chi connectivity index (χ2v) is 6.93. The fourth-order valence-corrected chi connectivity index (χ4v) is 4.21. The van der Waals surface area contributed by atoms with Crippen molar-refractivity contribution < 1.29 is 27.1 Å². The summed E-state index contributed by atoms with van der Waals surface area (Å²) in [7, 11) is 0. The van der Waals surface area contributed by atoms with Crippen molar-refractivity contribution in [3.63, 3.8) is 0 Å². The number of carbonyl (C=O) groups excluding carboxylic acids is 1. The molecule has 8 heteroatoms. The zero-order chi connectivity index (χ0) is 20.1. The number of hydrogen-bond acceptors (Lipinski definition) is 4. The maximum Gasteiger partial charge on any atom is 0.419 e. The molecule has 2 aliphatic carbocycles. The van der Waals surface area contributed by atoms with Crippen LogP contribution in [-0.4, -0.2) is 17.6 Å². The number of aromatic nitrogens is 1. The number of rotatable bonds is 4. The van der Waals surface area contributed by atoms with E-state index in [1.165, 1.54) is 6.20 Å². The number of halogens is 4. The molecule has 0 spiro atoms. The molecule has 2 atom stereocenters. The molecule has 4 rings (SSSR count). The second kappa shape index (κ2) is 6.66. The van der Waals surface area contributed by atoms with Crippen molar-refractivity contribution in [1.82, 2.24) is 4.98 Å². The molecule has 1 aromatic heterocycles. The lowest BCUT2D eigenvalue weighted by Gasteiger charge is -2.21. The summed E-state index contributed by atoms with van der Waals surface area (Å²) in [6, 6.07) is 4.86. The van der Waals surface area contributed by atoms with Gasteiger partial charge in [-0.2, -0.15) is 17.6 Å². The minimum Gasteiger partial charge on any atom is -0.462 e. The number of nitrogens with zero attached hydrogens (tertiary/aromatic N) is 1. The van der Waals surface area contributed by atoms with Gasteiger partial charge in [0.05, 0.1) is 17.9 Å². The SMILES string of the molecule is CCOC(=O)c1cnc(Nc2c#cc(F)c(C(F)(F)F)c2)c2c1C1CCC2C1. The topological polar surface area (TPSA) is 51.2 Å². The maximum absolute atomic E-state index is 13.5. The summed E-state index contributed by atoms with van der Waals surface area (Å²) in [5.74, 6) is -1.22. The lowest BCUT2D eigenvalue weighted by atomic mass is 9.89. The number of pyridine rings is 1. The highest BCUT2D eigenvalue weighted by molar-refractivity contribution is 5.92. The number of fused-ring (bicyclic) bond motifs is 5. The van der Waals surface area contributed by atoms with Crippen molar-refractivity contribution in [3.8, 4) is 0 Å². The van der Waals surface area contributed by atoms with Crippen LogP contribution in [0.25, 0.3) is 0 Å². The molecule has 2 unspecified atom stereocenters. The first kappa shape index (κ1) is 18.5. The molecule has 2 bridgehead atoms. The Morgan fingerprint density at radius 1 is 1.29 bits per heavy atom. The fraction of sp³-hybridized carbons (Fsp3) is 0.400. The van der Waals surface area contributed by atoms with Gasteiger partial charge >= 0.3 is 12.1 Å². The third kappa shape index (κ3) is 3.05. The van der Waals surface area contributed by atoms with Gasteiger partial charge in [-0.05, 0) is 61.8 Å². The average molecular weight is 392 g/mol. The predicted molar refractivity (Wildman–Crippen MR) is 91.9 cm³/mol. The van der Waals surface area contributed by atoms with Crippen molar-refractivity contribution >= 4 is 17.5 Å². The molecule has 1 fully saturated rings. The summed E-state index contributed by atoms with van der Waals surface area (Å²) < 4.78 is 57.4. The third-order valence-electron chi connectivity index (χ3n) is 5.29. The van der Waals surface area contributed by atoms with E-state index in [0.29, 0.717) is 17.4 Å². The van der Waals surface area contributed by atoms with Gasteiger partial charge in [0.1, 0.15) is 11.4 Å². The summed E-state index contributed by atoms with van der Waals surface area (Å²) >= 11 is 0. The molecule has 146 valence electrons. The van der Waals surface area contributed by atoms with E-state index in [9.17, 15) is 22.4 Å². The Bertz CT molecular complexity index is 943. The number of carbonyl (C=O) groups is 1. The molecule has 0 aliphatic heterocycles. The first-order valence-electron chi connectivity index (χ1n) is 8.97. The Hall–Kier alpha value is -2.82. The zero-order valence-electron chi connectivity index (χ0n) is 14.9. The second-order valence-electron chi connectivity index (χ2n) is 6.93. The van der Waals surface area contributed by atoms with E-state index < -0.39 is 23.5 Å². The summed E-state index contributed by atoms with van der Waals surface area (Å²) in [6.45, 7) is 1.95. The minimum absolute atomic E-state index is 0.0879. The van der Waals surface area contributed by atoms with E-state index in [1.807, 2.05) is 6.07 Å². The normalized spacial score (nSPS) is 19.9. The van der Waals surface area contributed by atoms with Gasteiger partial charge in [-0.3, -0.25) is 0 Å². The highest BCUT2D eigenvalue weighted by Crippen LogP contribution is 2.56. The number of alkyl halides is 3. The third-order valence-corrected chi connectivity index (χ3v) is 5.29. The number of anilines is 2. The molecular formula is C20H16F4N2O2. The van der Waals surface area contributed by atoms with E-state index in [-0.39, 0.29) is 24.1 Å². The van der Waals surface area contributed by atoms with Crippen LogP contribution in [0.3, 0.4) is 0 Å². The molecule has 1 saturated carbocycles. The van der Waals surface area contributed by atoms with E-state index in [0.717, 1.165) is 30.4 Å². The van der Waals surface area contributed by atoms with Gasteiger partial charge in [-0.1, -0.05) is 0 Å². The van der Waals surface area contributed by atoms with Crippen LogP contribution < -0.4 is 5.32 Å². The van der Waals surface area contributed by atoms with Crippen LogP contribution in [-0.2, 0) is 10.9 Å². The van der Waals surface area contributed by atoms with Gasteiger partial charge in [0, 0.05) is 11.8 Å². The van der Waals surface area contributed by atoms with Gasteiger partial charge in [0.2, 0.25) is 0 Å².